The van der Waals surface area contributed by atoms with E-state index in [9.17, 15) is 19.5 Å². The van der Waals surface area contributed by atoms with E-state index in [4.69, 9.17) is 9.47 Å². The molecule has 3 aliphatic rings. The van der Waals surface area contributed by atoms with Gasteiger partial charge in [0.1, 0.15) is 6.61 Å². The maximum absolute atomic E-state index is 13.6. The molecule has 3 aliphatic heterocycles. The summed E-state index contributed by atoms with van der Waals surface area (Å²) >= 11 is 0. The number of fused-ring (bicyclic) bond motifs is 1. The quantitative estimate of drug-likeness (QED) is 0.482. The van der Waals surface area contributed by atoms with Crippen molar-refractivity contribution in [1.29, 1.82) is 0 Å². The Morgan fingerprint density at radius 3 is 2.56 bits per heavy atom. The first-order valence-electron chi connectivity index (χ1n) is 14.0. The van der Waals surface area contributed by atoms with E-state index in [0.717, 1.165) is 29.7 Å². The summed E-state index contributed by atoms with van der Waals surface area (Å²) in [5, 5.41) is 10.1. The molecule has 0 bridgehead atoms. The number of carbonyl (C=O) groups excluding carboxylic acids is 2. The molecule has 39 heavy (non-hydrogen) atoms. The molecule has 5 rings (SSSR count). The molecule has 2 fully saturated rings. The lowest BCUT2D eigenvalue weighted by Crippen LogP contribution is -2.48. The van der Waals surface area contributed by atoms with Gasteiger partial charge in [0.25, 0.3) is 0 Å². The van der Waals surface area contributed by atoms with Gasteiger partial charge < -0.3 is 24.3 Å². The summed E-state index contributed by atoms with van der Waals surface area (Å²) in [6, 6.07) is 15.8. The minimum atomic E-state index is -2.64. The van der Waals surface area contributed by atoms with E-state index in [-0.39, 0.29) is 54.7 Å². The third-order valence-corrected chi connectivity index (χ3v) is 11.2. The van der Waals surface area contributed by atoms with Crippen LogP contribution >= 0.6 is 0 Å². The number of ether oxygens (including phenoxy) is 2. The molecule has 2 amide bonds. The zero-order valence-corrected chi connectivity index (χ0v) is 24.1. The first kappa shape index (κ1) is 27.8. The van der Waals surface area contributed by atoms with Crippen molar-refractivity contribution in [2.75, 3.05) is 24.7 Å². The lowest BCUT2D eigenvalue weighted by Gasteiger charge is -2.37. The van der Waals surface area contributed by atoms with E-state index in [1.807, 2.05) is 49.5 Å². The van der Waals surface area contributed by atoms with Crippen LogP contribution in [-0.4, -0.2) is 73.1 Å². The number of hydrogen-bond donors (Lipinski definition) is 2. The molecule has 210 valence electrons. The van der Waals surface area contributed by atoms with Crippen LogP contribution in [0.1, 0.15) is 36.5 Å². The standard InChI is InChI=1S/C30H40N2O6Si/c1-20-26(12-11-21-7-6-10-24(15-21)31-13-14-37-30(31)35)38-27(29(20)39(2,3)36)17-28(34)32-18-23-9-5-4-8-22(23)16-25(32)19-33/h4-10,15,20,25-27,29,33,36H,11-14,16-19H2,1-3H3/t20-,25-,26+,27-,29+/m0/s1. The number of aliphatic hydroxyl groups excluding tert-OH is 1. The highest BCUT2D eigenvalue weighted by Crippen LogP contribution is 2.46. The van der Waals surface area contributed by atoms with E-state index in [2.05, 4.69) is 19.1 Å². The summed E-state index contributed by atoms with van der Waals surface area (Å²) in [6.45, 7) is 7.36. The number of carbonyl (C=O) groups is 2. The third kappa shape index (κ3) is 5.91. The molecule has 0 unspecified atom stereocenters. The second-order valence-electron chi connectivity index (χ2n) is 11.8. The van der Waals surface area contributed by atoms with Gasteiger partial charge >= 0.3 is 6.09 Å². The number of anilines is 1. The highest BCUT2D eigenvalue weighted by molar-refractivity contribution is 6.71. The molecule has 0 aromatic heterocycles. The predicted molar refractivity (Wildman–Crippen MR) is 151 cm³/mol. The van der Waals surface area contributed by atoms with Crippen molar-refractivity contribution in [3.05, 3.63) is 65.2 Å². The van der Waals surface area contributed by atoms with Crippen molar-refractivity contribution in [2.24, 2.45) is 5.92 Å². The largest absolute Gasteiger partial charge is 0.447 e. The van der Waals surface area contributed by atoms with Crippen molar-refractivity contribution in [3.63, 3.8) is 0 Å². The van der Waals surface area contributed by atoms with Crippen molar-refractivity contribution < 1.29 is 29.0 Å². The molecular formula is C30H40N2O6Si. The van der Waals surface area contributed by atoms with E-state index in [1.54, 1.807) is 9.80 Å². The van der Waals surface area contributed by atoms with Crippen LogP contribution in [0.3, 0.4) is 0 Å². The summed E-state index contributed by atoms with van der Waals surface area (Å²) in [4.78, 5) is 40.3. The Balaban J connectivity index is 1.27. The van der Waals surface area contributed by atoms with Crippen molar-refractivity contribution in [2.45, 2.75) is 76.0 Å². The van der Waals surface area contributed by atoms with Crippen molar-refractivity contribution in [1.82, 2.24) is 4.90 Å². The van der Waals surface area contributed by atoms with Gasteiger partial charge in [0.15, 0.2) is 8.32 Å². The molecule has 0 radical (unpaired) electrons. The zero-order chi connectivity index (χ0) is 27.7. The highest BCUT2D eigenvalue weighted by atomic mass is 28.4. The molecular weight excluding hydrogens is 512 g/mol. The van der Waals surface area contributed by atoms with Crippen LogP contribution in [0.25, 0.3) is 0 Å². The molecule has 5 atom stereocenters. The van der Waals surface area contributed by atoms with E-state index >= 15 is 0 Å². The molecule has 2 N–H and O–H groups in total. The monoisotopic (exact) mass is 552 g/mol. The number of aliphatic hydroxyl groups is 1. The Labute approximate surface area is 231 Å². The summed E-state index contributed by atoms with van der Waals surface area (Å²) < 4.78 is 11.6. The molecule has 8 nitrogen and oxygen atoms in total. The number of benzene rings is 2. The van der Waals surface area contributed by atoms with Gasteiger partial charge in [-0.25, -0.2) is 4.79 Å². The molecule has 0 saturated carbocycles. The van der Waals surface area contributed by atoms with Crippen LogP contribution in [0.2, 0.25) is 18.6 Å². The van der Waals surface area contributed by atoms with Crippen molar-refractivity contribution in [3.8, 4) is 0 Å². The number of rotatable bonds is 8. The Morgan fingerprint density at radius 2 is 1.87 bits per heavy atom. The molecule has 9 heteroatoms. The Bertz CT molecular complexity index is 1200. The van der Waals surface area contributed by atoms with Gasteiger partial charge in [0.05, 0.1) is 37.8 Å². The van der Waals surface area contributed by atoms with Gasteiger partial charge in [-0.1, -0.05) is 43.3 Å². The van der Waals surface area contributed by atoms with Gasteiger partial charge in [-0.3, -0.25) is 9.69 Å². The molecule has 2 aromatic carbocycles. The van der Waals surface area contributed by atoms with E-state index < -0.39 is 8.32 Å². The Hall–Kier alpha value is -2.72. The molecule has 0 aliphatic carbocycles. The van der Waals surface area contributed by atoms with Crippen molar-refractivity contribution >= 4 is 26.0 Å². The normalized spacial score (nSPS) is 27.0. The zero-order valence-electron chi connectivity index (χ0n) is 23.1. The maximum atomic E-state index is 13.6. The number of cyclic esters (lactones) is 1. The number of nitrogens with zero attached hydrogens (tertiary/aromatic N) is 2. The fourth-order valence-electron chi connectivity index (χ4n) is 6.76. The molecule has 2 aromatic rings. The minimum absolute atomic E-state index is 0.0325. The second-order valence-corrected chi connectivity index (χ2v) is 15.7. The van der Waals surface area contributed by atoms with Crippen LogP contribution in [0.4, 0.5) is 10.5 Å². The Morgan fingerprint density at radius 1 is 1.10 bits per heavy atom. The number of aryl methyl sites for hydroxylation is 1. The van der Waals surface area contributed by atoms with Gasteiger partial charge in [-0.2, -0.15) is 0 Å². The predicted octanol–water partition coefficient (Wildman–Crippen LogP) is 3.88. The average Bonchev–Trinajstić information content (AvgIpc) is 3.48. The lowest BCUT2D eigenvalue weighted by atomic mass is 9.93. The SMILES string of the molecule is C[C@@H]1[C@@H]([Si](C)(C)O)[C@H](CC(=O)N2Cc3ccccc3C[C@H]2CO)O[C@@H]1CCc1cccc(N2CCOC2=O)c1. The smallest absolute Gasteiger partial charge is 0.414 e. The maximum Gasteiger partial charge on any atom is 0.414 e. The highest BCUT2D eigenvalue weighted by Gasteiger charge is 2.50. The van der Waals surface area contributed by atoms with E-state index in [1.165, 1.54) is 5.56 Å². The number of amides is 2. The van der Waals surface area contributed by atoms with Gasteiger partial charge in [-0.05, 0) is 67.1 Å². The minimum Gasteiger partial charge on any atom is -0.447 e. The molecule has 0 spiro atoms. The van der Waals surface area contributed by atoms with Crippen LogP contribution in [0, 0.1) is 5.92 Å². The average molecular weight is 553 g/mol. The lowest BCUT2D eigenvalue weighted by molar-refractivity contribution is -0.138. The summed E-state index contributed by atoms with van der Waals surface area (Å²) in [5.74, 6) is 0.0804. The van der Waals surface area contributed by atoms with Gasteiger partial charge in [0, 0.05) is 17.8 Å². The second kappa shape index (κ2) is 11.4. The topological polar surface area (TPSA) is 99.5 Å². The summed E-state index contributed by atoms with van der Waals surface area (Å²) in [7, 11) is -2.64. The third-order valence-electron chi connectivity index (χ3n) is 8.68. The fourth-order valence-corrected chi connectivity index (χ4v) is 9.36. The van der Waals surface area contributed by atoms with Crippen LogP contribution in [0.5, 0.6) is 0 Å². The van der Waals surface area contributed by atoms with E-state index in [0.29, 0.717) is 26.1 Å². The van der Waals surface area contributed by atoms with Gasteiger partial charge in [0.2, 0.25) is 5.91 Å². The van der Waals surface area contributed by atoms with Crippen LogP contribution < -0.4 is 4.90 Å². The summed E-state index contributed by atoms with van der Waals surface area (Å²) in [5.41, 5.74) is 4.17. The number of hydrogen-bond acceptors (Lipinski definition) is 6. The Kier molecular flexibility index (Phi) is 8.14. The fraction of sp³-hybridized carbons (Fsp3) is 0.533. The van der Waals surface area contributed by atoms with Crippen LogP contribution in [0.15, 0.2) is 48.5 Å². The summed E-state index contributed by atoms with van der Waals surface area (Å²) in [6.07, 6.45) is 1.62. The molecule has 2 saturated heterocycles. The van der Waals surface area contributed by atoms with Crippen LogP contribution in [-0.2, 0) is 33.7 Å². The first-order valence-corrected chi connectivity index (χ1v) is 17.1. The molecule has 3 heterocycles. The van der Waals surface area contributed by atoms with Gasteiger partial charge in [-0.15, -0.1) is 0 Å². The first-order chi connectivity index (χ1) is 18.7.